The average molecular weight is 283 g/mol. The molecule has 0 bridgehead atoms. The van der Waals surface area contributed by atoms with Gasteiger partial charge in [0.25, 0.3) is 0 Å². The average Bonchev–Trinajstić information content (AvgIpc) is 2.66. The summed E-state index contributed by atoms with van der Waals surface area (Å²) in [5.74, 6) is 0.305. The van der Waals surface area contributed by atoms with Crippen molar-refractivity contribution >= 4 is 11.8 Å². The number of ether oxygens (including phenoxy) is 1. The molecule has 0 saturated carbocycles. The molecule has 2 aliphatic rings. The second-order valence-corrected chi connectivity index (χ2v) is 4.40. The molecular weight excluding hydrogens is 266 g/mol. The summed E-state index contributed by atoms with van der Waals surface area (Å²) >= 11 is 0. The van der Waals surface area contributed by atoms with Crippen molar-refractivity contribution < 1.29 is 20.1 Å². The van der Waals surface area contributed by atoms with Gasteiger partial charge in [0.1, 0.15) is 30.0 Å². The van der Waals surface area contributed by atoms with Gasteiger partial charge >= 0.3 is 0 Å². The highest BCUT2D eigenvalue weighted by Crippen LogP contribution is 2.27. The SMILES string of the molecule is C=C1N=C(NC(=N)N)C=CN1[C@@H]1O[C@H](CO)[C@H](O)C1O. The molecule has 0 aromatic heterocycles. The molecule has 2 rings (SSSR count). The number of amidine groups is 1. The summed E-state index contributed by atoms with van der Waals surface area (Å²) < 4.78 is 5.37. The van der Waals surface area contributed by atoms with Crippen LogP contribution in [0.5, 0.6) is 0 Å². The van der Waals surface area contributed by atoms with Gasteiger partial charge in [-0.1, -0.05) is 6.58 Å². The van der Waals surface area contributed by atoms with E-state index < -0.39 is 31.1 Å². The van der Waals surface area contributed by atoms with Crippen LogP contribution in [0.25, 0.3) is 0 Å². The van der Waals surface area contributed by atoms with E-state index in [1.165, 1.54) is 17.2 Å². The fourth-order valence-electron chi connectivity index (χ4n) is 2.02. The van der Waals surface area contributed by atoms with Crippen LogP contribution >= 0.6 is 0 Å². The van der Waals surface area contributed by atoms with Gasteiger partial charge in [0.2, 0.25) is 0 Å². The van der Waals surface area contributed by atoms with E-state index in [0.29, 0.717) is 5.84 Å². The Morgan fingerprint density at radius 3 is 2.75 bits per heavy atom. The third-order valence-electron chi connectivity index (χ3n) is 2.99. The lowest BCUT2D eigenvalue weighted by molar-refractivity contribution is -0.0692. The first-order chi connectivity index (χ1) is 9.43. The third kappa shape index (κ3) is 2.65. The Kier molecular flexibility index (Phi) is 4.04. The summed E-state index contributed by atoms with van der Waals surface area (Å²) in [5, 5.41) is 38.3. The lowest BCUT2D eigenvalue weighted by Gasteiger charge is -2.30. The number of hydrogen-bond donors (Lipinski definition) is 6. The zero-order chi connectivity index (χ0) is 14.9. The fraction of sp³-hybridized carbons (Fsp3) is 0.455. The number of guanidine groups is 1. The van der Waals surface area contributed by atoms with Gasteiger partial charge in [-0.3, -0.25) is 5.41 Å². The maximum Gasteiger partial charge on any atom is 0.191 e. The molecule has 7 N–H and O–H groups in total. The monoisotopic (exact) mass is 283 g/mol. The molecule has 2 aliphatic heterocycles. The van der Waals surface area contributed by atoms with Gasteiger partial charge in [0.05, 0.1) is 6.61 Å². The molecule has 0 amide bonds. The van der Waals surface area contributed by atoms with Gasteiger partial charge in [-0.2, -0.15) is 0 Å². The first-order valence-corrected chi connectivity index (χ1v) is 5.91. The van der Waals surface area contributed by atoms with Crippen molar-refractivity contribution in [1.82, 2.24) is 10.2 Å². The van der Waals surface area contributed by atoms with Crippen LogP contribution in [0, 0.1) is 5.41 Å². The third-order valence-corrected chi connectivity index (χ3v) is 2.99. The summed E-state index contributed by atoms with van der Waals surface area (Å²) in [4.78, 5) is 5.48. The number of aliphatic hydroxyl groups is 3. The molecule has 0 aromatic rings. The van der Waals surface area contributed by atoms with Gasteiger partial charge in [-0.05, 0) is 6.08 Å². The molecule has 0 aromatic carbocycles. The second kappa shape index (κ2) is 5.59. The van der Waals surface area contributed by atoms with E-state index in [-0.39, 0.29) is 11.8 Å². The Morgan fingerprint density at radius 2 is 2.25 bits per heavy atom. The Balaban J connectivity index is 2.09. The zero-order valence-electron chi connectivity index (χ0n) is 10.6. The number of nitrogens with zero attached hydrogens (tertiary/aromatic N) is 2. The molecule has 110 valence electrons. The highest BCUT2D eigenvalue weighted by atomic mass is 16.6. The van der Waals surface area contributed by atoms with E-state index in [9.17, 15) is 10.2 Å². The van der Waals surface area contributed by atoms with Crippen molar-refractivity contribution in [1.29, 1.82) is 5.41 Å². The summed E-state index contributed by atoms with van der Waals surface area (Å²) in [6, 6.07) is 0. The van der Waals surface area contributed by atoms with Crippen LogP contribution in [0.2, 0.25) is 0 Å². The Hall–Kier alpha value is -1.94. The number of hydrogen-bond acceptors (Lipinski definition) is 7. The minimum absolute atomic E-state index is 0.242. The minimum atomic E-state index is -1.20. The second-order valence-electron chi connectivity index (χ2n) is 4.40. The molecule has 4 atom stereocenters. The van der Waals surface area contributed by atoms with Crippen LogP contribution in [-0.2, 0) is 4.74 Å². The standard InChI is InChI=1S/C11H17N5O4/c1-5-14-7(15-11(12)13)2-3-16(5)10-9(19)8(18)6(4-17)20-10/h2-3,6,8-10,17-19H,1,4H2,(H4,12,13,14,15)/t6-,8+,9?,10-/m1/s1. The first kappa shape index (κ1) is 14.5. The maximum absolute atomic E-state index is 9.92. The number of aliphatic imine (C=N–C) groups is 1. The van der Waals surface area contributed by atoms with Crippen molar-refractivity contribution in [2.24, 2.45) is 10.7 Å². The topological polar surface area (TPSA) is 147 Å². The van der Waals surface area contributed by atoms with E-state index in [4.69, 9.17) is 21.0 Å². The molecule has 1 saturated heterocycles. The van der Waals surface area contributed by atoms with Gasteiger partial charge in [-0.25, -0.2) is 4.99 Å². The van der Waals surface area contributed by atoms with Crippen molar-refractivity contribution in [2.45, 2.75) is 24.5 Å². The Morgan fingerprint density at radius 1 is 1.55 bits per heavy atom. The lowest BCUT2D eigenvalue weighted by atomic mass is 10.1. The van der Waals surface area contributed by atoms with Crippen LogP contribution in [0.4, 0.5) is 0 Å². The minimum Gasteiger partial charge on any atom is -0.394 e. The molecular formula is C11H17N5O4. The number of nitrogens with one attached hydrogen (secondary N) is 2. The van der Waals surface area contributed by atoms with E-state index in [2.05, 4.69) is 16.9 Å². The molecule has 1 fully saturated rings. The van der Waals surface area contributed by atoms with Crippen molar-refractivity contribution in [3.05, 3.63) is 24.7 Å². The predicted molar refractivity (Wildman–Crippen MR) is 70.4 cm³/mol. The van der Waals surface area contributed by atoms with Gasteiger partial charge in [0.15, 0.2) is 12.2 Å². The van der Waals surface area contributed by atoms with Crippen molar-refractivity contribution in [3.63, 3.8) is 0 Å². The molecule has 0 radical (unpaired) electrons. The highest BCUT2D eigenvalue weighted by molar-refractivity contribution is 6.04. The number of aliphatic hydroxyl groups excluding tert-OH is 3. The first-order valence-electron chi connectivity index (χ1n) is 5.91. The summed E-state index contributed by atoms with van der Waals surface area (Å²) in [7, 11) is 0. The van der Waals surface area contributed by atoms with E-state index >= 15 is 0 Å². The van der Waals surface area contributed by atoms with Gasteiger partial charge in [-0.15, -0.1) is 0 Å². The van der Waals surface area contributed by atoms with Crippen LogP contribution in [0.3, 0.4) is 0 Å². The van der Waals surface area contributed by atoms with Crippen LogP contribution in [-0.4, -0.2) is 63.2 Å². The molecule has 0 spiro atoms. The predicted octanol–water partition coefficient (Wildman–Crippen LogP) is -2.39. The number of nitrogens with two attached hydrogens (primary N) is 1. The van der Waals surface area contributed by atoms with Gasteiger partial charge in [0, 0.05) is 6.20 Å². The largest absolute Gasteiger partial charge is 0.394 e. The van der Waals surface area contributed by atoms with Crippen molar-refractivity contribution in [3.8, 4) is 0 Å². The molecule has 9 nitrogen and oxygen atoms in total. The summed E-state index contributed by atoms with van der Waals surface area (Å²) in [6.45, 7) is 3.31. The van der Waals surface area contributed by atoms with Crippen LogP contribution in [0.1, 0.15) is 0 Å². The molecule has 1 unspecified atom stereocenters. The van der Waals surface area contributed by atoms with Crippen LogP contribution < -0.4 is 11.1 Å². The van der Waals surface area contributed by atoms with E-state index in [0.717, 1.165) is 0 Å². The van der Waals surface area contributed by atoms with Crippen LogP contribution in [0.15, 0.2) is 29.7 Å². The maximum atomic E-state index is 9.92. The summed E-state index contributed by atoms with van der Waals surface area (Å²) in [5.41, 5.74) is 5.19. The molecule has 2 heterocycles. The Bertz CT molecular complexity index is 477. The normalized spacial score (nSPS) is 33.2. The smallest absolute Gasteiger partial charge is 0.191 e. The van der Waals surface area contributed by atoms with Gasteiger partial charge < -0.3 is 36.0 Å². The highest BCUT2D eigenvalue weighted by Gasteiger charge is 2.45. The van der Waals surface area contributed by atoms with Crippen molar-refractivity contribution in [2.75, 3.05) is 6.61 Å². The van der Waals surface area contributed by atoms with E-state index in [1.54, 1.807) is 0 Å². The zero-order valence-corrected chi connectivity index (χ0v) is 10.6. The number of rotatable bonds is 2. The lowest BCUT2D eigenvalue weighted by Crippen LogP contribution is -2.43. The summed E-state index contributed by atoms with van der Waals surface area (Å²) in [6.07, 6.45) is -1.10. The molecule has 20 heavy (non-hydrogen) atoms. The fourth-order valence-corrected chi connectivity index (χ4v) is 2.02. The van der Waals surface area contributed by atoms with E-state index in [1.807, 2.05) is 0 Å². The Labute approximate surface area is 115 Å². The molecule has 9 heteroatoms. The molecule has 0 aliphatic carbocycles. The quantitative estimate of drug-likeness (QED) is 0.245.